The van der Waals surface area contributed by atoms with Crippen LogP contribution in [0, 0.1) is 0 Å². The van der Waals surface area contributed by atoms with E-state index in [4.69, 9.17) is 4.74 Å². The zero-order valence-corrected chi connectivity index (χ0v) is 9.42. The van der Waals surface area contributed by atoms with Crippen LogP contribution < -0.4 is 10.6 Å². The van der Waals surface area contributed by atoms with Crippen molar-refractivity contribution in [3.8, 4) is 0 Å². The normalized spacial score (nSPS) is 10.3. The summed E-state index contributed by atoms with van der Waals surface area (Å²) in [4.78, 5) is 4.22. The first-order valence-electron chi connectivity index (χ1n) is 5.25. The van der Waals surface area contributed by atoms with Crippen LogP contribution in [0.15, 0.2) is 18.3 Å². The summed E-state index contributed by atoms with van der Waals surface area (Å²) in [5.74, 6) is 0.905. The van der Waals surface area contributed by atoms with Crippen molar-refractivity contribution in [2.45, 2.75) is 13.5 Å². The Morgan fingerprint density at radius 2 is 2.33 bits per heavy atom. The first-order chi connectivity index (χ1) is 7.36. The third-order valence-electron chi connectivity index (χ3n) is 2.02. The smallest absolute Gasteiger partial charge is 0.126 e. The van der Waals surface area contributed by atoms with E-state index >= 15 is 0 Å². The predicted molar refractivity (Wildman–Crippen MR) is 62.0 cm³/mol. The van der Waals surface area contributed by atoms with Gasteiger partial charge in [-0.1, -0.05) is 6.92 Å². The van der Waals surface area contributed by atoms with Crippen LogP contribution in [0.4, 0.5) is 5.82 Å². The van der Waals surface area contributed by atoms with Gasteiger partial charge in [-0.2, -0.15) is 0 Å². The summed E-state index contributed by atoms with van der Waals surface area (Å²) >= 11 is 0. The number of hydrogen-bond acceptors (Lipinski definition) is 4. The molecule has 1 aromatic rings. The van der Waals surface area contributed by atoms with Crippen molar-refractivity contribution in [3.63, 3.8) is 0 Å². The molecule has 0 spiro atoms. The molecule has 2 N–H and O–H groups in total. The van der Waals surface area contributed by atoms with Gasteiger partial charge in [0.15, 0.2) is 0 Å². The maximum absolute atomic E-state index is 4.96. The quantitative estimate of drug-likeness (QED) is 0.663. The molecule has 0 fully saturated rings. The Morgan fingerprint density at radius 3 is 3.07 bits per heavy atom. The van der Waals surface area contributed by atoms with Gasteiger partial charge in [0.25, 0.3) is 0 Å². The number of pyridine rings is 1. The van der Waals surface area contributed by atoms with Crippen LogP contribution in [0.25, 0.3) is 0 Å². The average Bonchev–Trinajstić information content (AvgIpc) is 2.27. The van der Waals surface area contributed by atoms with Crippen LogP contribution in [-0.4, -0.2) is 31.8 Å². The number of nitrogens with one attached hydrogen (secondary N) is 2. The maximum Gasteiger partial charge on any atom is 0.126 e. The largest absolute Gasteiger partial charge is 0.383 e. The predicted octanol–water partition coefficient (Wildman–Crippen LogP) is 1.25. The summed E-state index contributed by atoms with van der Waals surface area (Å²) < 4.78 is 4.96. The van der Waals surface area contributed by atoms with Gasteiger partial charge in [0.2, 0.25) is 0 Å². The summed E-state index contributed by atoms with van der Waals surface area (Å²) in [7, 11) is 1.69. The number of nitrogens with zero attached hydrogens (tertiary/aromatic N) is 1. The Kier molecular flexibility index (Phi) is 5.73. The zero-order chi connectivity index (χ0) is 10.9. The van der Waals surface area contributed by atoms with Crippen LogP contribution in [0.3, 0.4) is 0 Å². The van der Waals surface area contributed by atoms with E-state index in [1.54, 1.807) is 7.11 Å². The standard InChI is InChI=1S/C11H19N3O/c1-3-12-9-10-4-5-13-11(8-10)14-6-7-15-2/h4-5,8,12H,3,6-7,9H2,1-2H3,(H,13,14). The monoisotopic (exact) mass is 209 g/mol. The molecule has 1 rings (SSSR count). The Bertz CT molecular complexity index is 278. The minimum atomic E-state index is 0.694. The van der Waals surface area contributed by atoms with Gasteiger partial charge in [-0.3, -0.25) is 0 Å². The average molecular weight is 209 g/mol. The molecule has 0 aromatic carbocycles. The first kappa shape index (κ1) is 11.9. The van der Waals surface area contributed by atoms with E-state index in [0.29, 0.717) is 6.61 Å². The van der Waals surface area contributed by atoms with Gasteiger partial charge in [-0.05, 0) is 24.2 Å². The lowest BCUT2D eigenvalue weighted by atomic mass is 10.2. The van der Waals surface area contributed by atoms with E-state index in [1.165, 1.54) is 5.56 Å². The first-order valence-corrected chi connectivity index (χ1v) is 5.25. The number of rotatable bonds is 7. The second kappa shape index (κ2) is 7.20. The molecule has 0 aliphatic rings. The molecular weight excluding hydrogens is 190 g/mol. The summed E-state index contributed by atoms with van der Waals surface area (Å²) in [6, 6.07) is 4.07. The molecule has 0 unspecified atom stereocenters. The van der Waals surface area contributed by atoms with Crippen LogP contribution in [0.1, 0.15) is 12.5 Å². The van der Waals surface area contributed by atoms with Crippen molar-refractivity contribution >= 4 is 5.82 Å². The highest BCUT2D eigenvalue weighted by Crippen LogP contribution is 2.05. The Hall–Kier alpha value is -1.13. The number of ether oxygens (including phenoxy) is 1. The minimum Gasteiger partial charge on any atom is -0.383 e. The molecule has 4 heteroatoms. The van der Waals surface area contributed by atoms with Gasteiger partial charge in [0.05, 0.1) is 6.61 Å². The van der Waals surface area contributed by atoms with Crippen LogP contribution in [0.2, 0.25) is 0 Å². The third kappa shape index (κ3) is 4.76. The molecule has 15 heavy (non-hydrogen) atoms. The van der Waals surface area contributed by atoms with Crippen molar-refractivity contribution in [1.29, 1.82) is 0 Å². The molecule has 0 amide bonds. The SMILES string of the molecule is CCNCc1ccnc(NCCOC)c1. The summed E-state index contributed by atoms with van der Waals surface area (Å²) in [5.41, 5.74) is 1.24. The number of anilines is 1. The number of methoxy groups -OCH3 is 1. The van der Waals surface area contributed by atoms with Crippen molar-refractivity contribution in [1.82, 2.24) is 10.3 Å². The number of aromatic nitrogens is 1. The van der Waals surface area contributed by atoms with Gasteiger partial charge in [-0.15, -0.1) is 0 Å². The maximum atomic E-state index is 4.96. The molecule has 0 saturated heterocycles. The molecule has 0 atom stereocenters. The zero-order valence-electron chi connectivity index (χ0n) is 9.42. The molecule has 0 saturated carbocycles. The van der Waals surface area contributed by atoms with Gasteiger partial charge in [-0.25, -0.2) is 4.98 Å². The van der Waals surface area contributed by atoms with Crippen molar-refractivity contribution in [2.75, 3.05) is 32.1 Å². The van der Waals surface area contributed by atoms with E-state index in [1.807, 2.05) is 12.3 Å². The molecular formula is C11H19N3O. The fourth-order valence-electron chi connectivity index (χ4n) is 1.23. The molecule has 4 nitrogen and oxygen atoms in total. The molecule has 0 aliphatic heterocycles. The van der Waals surface area contributed by atoms with Gasteiger partial charge >= 0.3 is 0 Å². The van der Waals surface area contributed by atoms with Gasteiger partial charge < -0.3 is 15.4 Å². The van der Waals surface area contributed by atoms with E-state index in [0.717, 1.165) is 25.5 Å². The highest BCUT2D eigenvalue weighted by Gasteiger charge is 1.95. The lowest BCUT2D eigenvalue weighted by molar-refractivity contribution is 0.210. The summed E-state index contributed by atoms with van der Waals surface area (Å²) in [5, 5.41) is 6.48. The molecule has 0 bridgehead atoms. The molecule has 1 heterocycles. The molecule has 0 radical (unpaired) electrons. The van der Waals surface area contributed by atoms with E-state index in [9.17, 15) is 0 Å². The van der Waals surface area contributed by atoms with Crippen LogP contribution in [0.5, 0.6) is 0 Å². The van der Waals surface area contributed by atoms with Crippen molar-refractivity contribution in [2.24, 2.45) is 0 Å². The van der Waals surface area contributed by atoms with E-state index < -0.39 is 0 Å². The second-order valence-electron chi connectivity index (χ2n) is 3.25. The number of hydrogen-bond donors (Lipinski definition) is 2. The third-order valence-corrected chi connectivity index (χ3v) is 2.02. The minimum absolute atomic E-state index is 0.694. The molecule has 84 valence electrons. The highest BCUT2D eigenvalue weighted by atomic mass is 16.5. The van der Waals surface area contributed by atoms with E-state index in [-0.39, 0.29) is 0 Å². The van der Waals surface area contributed by atoms with Crippen molar-refractivity contribution < 1.29 is 4.74 Å². The Morgan fingerprint density at radius 1 is 1.47 bits per heavy atom. The lowest BCUT2D eigenvalue weighted by Crippen LogP contribution is -2.13. The Labute approximate surface area is 91.1 Å². The summed E-state index contributed by atoms with van der Waals surface area (Å²) in [6.45, 7) is 5.44. The Balaban J connectivity index is 2.42. The topological polar surface area (TPSA) is 46.2 Å². The lowest BCUT2D eigenvalue weighted by Gasteiger charge is -2.07. The van der Waals surface area contributed by atoms with Crippen molar-refractivity contribution in [3.05, 3.63) is 23.9 Å². The van der Waals surface area contributed by atoms with Crippen LogP contribution >= 0.6 is 0 Å². The fraction of sp³-hybridized carbons (Fsp3) is 0.545. The van der Waals surface area contributed by atoms with Crippen LogP contribution in [-0.2, 0) is 11.3 Å². The fourth-order valence-corrected chi connectivity index (χ4v) is 1.23. The van der Waals surface area contributed by atoms with Gasteiger partial charge in [0, 0.05) is 26.4 Å². The second-order valence-corrected chi connectivity index (χ2v) is 3.25. The molecule has 1 aromatic heterocycles. The van der Waals surface area contributed by atoms with E-state index in [2.05, 4.69) is 28.6 Å². The highest BCUT2D eigenvalue weighted by molar-refractivity contribution is 5.37. The van der Waals surface area contributed by atoms with Gasteiger partial charge in [0.1, 0.15) is 5.82 Å². The summed E-state index contributed by atoms with van der Waals surface area (Å²) in [6.07, 6.45) is 1.82. The molecule has 0 aliphatic carbocycles.